The zero-order chi connectivity index (χ0) is 8.27. The molecule has 1 rings (SSSR count). The average Bonchev–Trinajstić information content (AvgIpc) is 2.04. The lowest BCUT2D eigenvalue weighted by Crippen LogP contribution is -1.86. The van der Waals surface area contributed by atoms with Crippen LogP contribution in [0.15, 0.2) is 12.1 Å². The van der Waals surface area contributed by atoms with Gasteiger partial charge >= 0.3 is 0 Å². The molecule has 0 atom stereocenters. The molecule has 0 amide bonds. The van der Waals surface area contributed by atoms with Gasteiger partial charge in [-0.1, -0.05) is 11.6 Å². The van der Waals surface area contributed by atoms with Crippen molar-refractivity contribution in [1.29, 1.82) is 0 Å². The van der Waals surface area contributed by atoms with Crippen molar-refractivity contribution in [2.24, 2.45) is 0 Å². The molecule has 56 valence electrons. The van der Waals surface area contributed by atoms with Crippen LogP contribution in [0, 0.1) is 6.57 Å². The Kier molecular flexibility index (Phi) is 2.29. The maximum absolute atomic E-state index is 6.72. The Hall–Kier alpha value is -1.27. The van der Waals surface area contributed by atoms with Crippen LogP contribution in [-0.4, -0.2) is 12.1 Å². The molecule has 4 heteroatoms. The lowest BCUT2D eigenvalue weighted by Gasteiger charge is -1.99. The Morgan fingerprint density at radius 1 is 1.64 bits per heavy atom. The number of hydrogen-bond donors (Lipinski definition) is 0. The van der Waals surface area contributed by atoms with E-state index in [4.69, 9.17) is 22.9 Å². The first-order chi connectivity index (χ1) is 5.27. The number of hydrogen-bond acceptors (Lipinski definition) is 2. The van der Waals surface area contributed by atoms with Gasteiger partial charge in [0, 0.05) is 0 Å². The van der Waals surface area contributed by atoms with E-state index >= 15 is 0 Å². The third kappa shape index (κ3) is 1.60. The molecule has 0 aliphatic rings. The van der Waals surface area contributed by atoms with Crippen molar-refractivity contribution in [1.82, 2.24) is 4.98 Å². The van der Waals surface area contributed by atoms with Crippen molar-refractivity contribution in [3.8, 4) is 5.88 Å². The van der Waals surface area contributed by atoms with E-state index < -0.39 is 0 Å². The molecule has 0 fully saturated rings. The number of halogens is 1. The Balaban J connectivity index is 3.19. The normalized spacial score (nSPS) is 8.82. The summed E-state index contributed by atoms with van der Waals surface area (Å²) in [6.45, 7) is 6.72. The first-order valence-corrected chi connectivity index (χ1v) is 3.23. The van der Waals surface area contributed by atoms with Crippen LogP contribution in [0.2, 0.25) is 5.15 Å². The summed E-state index contributed by atoms with van der Waals surface area (Å²) in [6, 6.07) is 3.12. The number of aromatic nitrogens is 1. The van der Waals surface area contributed by atoms with E-state index in [0.29, 0.717) is 10.8 Å². The highest BCUT2D eigenvalue weighted by Crippen LogP contribution is 2.25. The highest BCUT2D eigenvalue weighted by atomic mass is 35.5. The van der Waals surface area contributed by atoms with E-state index in [-0.39, 0.29) is 5.88 Å². The summed E-state index contributed by atoms with van der Waals surface area (Å²) in [4.78, 5) is 6.98. The summed E-state index contributed by atoms with van der Waals surface area (Å²) in [5.41, 5.74) is 0.372. The summed E-state index contributed by atoms with van der Waals surface area (Å²) in [5.74, 6) is 0.271. The number of methoxy groups -OCH3 is 1. The molecule has 3 nitrogen and oxygen atoms in total. The van der Waals surface area contributed by atoms with Crippen molar-refractivity contribution < 1.29 is 4.74 Å². The fraction of sp³-hybridized carbons (Fsp3) is 0.143. The molecule has 11 heavy (non-hydrogen) atoms. The van der Waals surface area contributed by atoms with Crippen LogP contribution >= 0.6 is 11.6 Å². The third-order valence-electron chi connectivity index (χ3n) is 1.12. The van der Waals surface area contributed by atoms with Gasteiger partial charge in [0.2, 0.25) is 11.6 Å². The predicted molar refractivity (Wildman–Crippen MR) is 42.1 cm³/mol. The van der Waals surface area contributed by atoms with Crippen molar-refractivity contribution in [3.63, 3.8) is 0 Å². The van der Waals surface area contributed by atoms with Gasteiger partial charge in [-0.25, -0.2) is 9.83 Å². The van der Waals surface area contributed by atoms with Gasteiger partial charge < -0.3 is 4.74 Å². The van der Waals surface area contributed by atoms with E-state index in [1.165, 1.54) is 7.11 Å². The maximum Gasteiger partial charge on any atom is 0.247 e. The summed E-state index contributed by atoms with van der Waals surface area (Å²) in [6.07, 6.45) is 0. The van der Waals surface area contributed by atoms with Gasteiger partial charge in [0.05, 0.1) is 13.7 Å². The number of rotatable bonds is 1. The van der Waals surface area contributed by atoms with Gasteiger partial charge in [-0.05, 0) is 12.1 Å². The van der Waals surface area contributed by atoms with Gasteiger partial charge in [0.25, 0.3) is 0 Å². The summed E-state index contributed by atoms with van der Waals surface area (Å²) in [7, 11) is 1.45. The molecule has 0 bridgehead atoms. The highest BCUT2D eigenvalue weighted by molar-refractivity contribution is 6.29. The maximum atomic E-state index is 6.72. The minimum Gasteiger partial charge on any atom is -0.490 e. The molecule has 1 aromatic rings. The first-order valence-electron chi connectivity index (χ1n) is 2.86. The lowest BCUT2D eigenvalue weighted by atomic mass is 10.4. The molecular weight excluding hydrogens is 164 g/mol. The summed E-state index contributed by atoms with van der Waals surface area (Å²) >= 11 is 5.56. The molecule has 0 saturated carbocycles. The Morgan fingerprint density at radius 3 is 2.91 bits per heavy atom. The highest BCUT2D eigenvalue weighted by Gasteiger charge is 2.03. The second-order valence-corrected chi connectivity index (χ2v) is 2.16. The molecule has 0 radical (unpaired) electrons. The van der Waals surface area contributed by atoms with Crippen molar-refractivity contribution in [2.45, 2.75) is 0 Å². The fourth-order valence-electron chi connectivity index (χ4n) is 0.646. The van der Waals surface area contributed by atoms with Crippen molar-refractivity contribution >= 4 is 17.3 Å². The Morgan fingerprint density at radius 2 is 2.36 bits per heavy atom. The van der Waals surface area contributed by atoms with E-state index in [0.717, 1.165) is 0 Å². The van der Waals surface area contributed by atoms with Gasteiger partial charge in [-0.2, -0.15) is 0 Å². The Labute approximate surface area is 69.4 Å². The molecule has 0 aliphatic heterocycles. The van der Waals surface area contributed by atoms with Crippen LogP contribution < -0.4 is 4.74 Å². The van der Waals surface area contributed by atoms with E-state index in [1.54, 1.807) is 12.1 Å². The quantitative estimate of drug-likeness (QED) is 0.475. The van der Waals surface area contributed by atoms with Gasteiger partial charge in [-0.15, -0.1) is 0 Å². The SMILES string of the molecule is [C-]#[N+]c1ccc(Cl)nc1OC. The molecule has 1 heterocycles. The fourth-order valence-corrected chi connectivity index (χ4v) is 0.786. The molecule has 0 saturated heterocycles. The molecular formula is C7H5ClN2O. The van der Waals surface area contributed by atoms with Crippen LogP contribution in [0.25, 0.3) is 4.85 Å². The predicted octanol–water partition coefficient (Wildman–Crippen LogP) is 2.29. The zero-order valence-electron chi connectivity index (χ0n) is 5.84. The molecule has 1 aromatic heterocycles. The van der Waals surface area contributed by atoms with E-state index in [1.807, 2.05) is 0 Å². The molecule has 0 spiro atoms. The Bertz CT molecular complexity index is 306. The van der Waals surface area contributed by atoms with Gasteiger partial charge in [0.1, 0.15) is 5.15 Å². The van der Waals surface area contributed by atoms with Crippen LogP contribution in [0.3, 0.4) is 0 Å². The largest absolute Gasteiger partial charge is 0.490 e. The van der Waals surface area contributed by atoms with Crippen LogP contribution in [0.1, 0.15) is 0 Å². The molecule has 0 unspecified atom stereocenters. The lowest BCUT2D eigenvalue weighted by molar-refractivity contribution is 0.401. The van der Waals surface area contributed by atoms with E-state index in [2.05, 4.69) is 9.83 Å². The van der Waals surface area contributed by atoms with Crippen LogP contribution in [0.5, 0.6) is 5.88 Å². The molecule has 0 aromatic carbocycles. The summed E-state index contributed by atoms with van der Waals surface area (Å²) < 4.78 is 4.81. The number of nitrogens with zero attached hydrogens (tertiary/aromatic N) is 2. The number of ether oxygens (including phenoxy) is 1. The summed E-state index contributed by atoms with van der Waals surface area (Å²) in [5, 5.41) is 0.328. The second kappa shape index (κ2) is 3.22. The first kappa shape index (κ1) is 7.83. The van der Waals surface area contributed by atoms with Crippen molar-refractivity contribution in [2.75, 3.05) is 7.11 Å². The minimum atomic E-state index is 0.271. The standard InChI is InChI=1S/C7H5ClN2O/c1-9-5-3-4-6(8)10-7(5)11-2/h3-4H,2H3. The number of pyridine rings is 1. The molecule has 0 aliphatic carbocycles. The van der Waals surface area contributed by atoms with Crippen LogP contribution in [0.4, 0.5) is 5.69 Å². The monoisotopic (exact) mass is 168 g/mol. The average molecular weight is 169 g/mol. The zero-order valence-corrected chi connectivity index (χ0v) is 6.59. The third-order valence-corrected chi connectivity index (χ3v) is 1.33. The second-order valence-electron chi connectivity index (χ2n) is 1.77. The van der Waals surface area contributed by atoms with Gasteiger partial charge in [0.15, 0.2) is 0 Å². The topological polar surface area (TPSA) is 26.5 Å². The van der Waals surface area contributed by atoms with Crippen LogP contribution in [-0.2, 0) is 0 Å². The van der Waals surface area contributed by atoms with E-state index in [9.17, 15) is 0 Å². The smallest absolute Gasteiger partial charge is 0.247 e. The van der Waals surface area contributed by atoms with Gasteiger partial charge in [-0.3, -0.25) is 0 Å². The van der Waals surface area contributed by atoms with Crippen molar-refractivity contribution in [3.05, 3.63) is 28.7 Å². The minimum absolute atomic E-state index is 0.271. The molecule has 0 N–H and O–H groups in total.